The molecule has 0 bridgehead atoms. The van der Waals surface area contributed by atoms with Crippen molar-refractivity contribution in [3.63, 3.8) is 0 Å². The van der Waals surface area contributed by atoms with E-state index in [2.05, 4.69) is 20.4 Å². The third kappa shape index (κ3) is 4.40. The van der Waals surface area contributed by atoms with Gasteiger partial charge < -0.3 is 20.8 Å². The van der Waals surface area contributed by atoms with Gasteiger partial charge in [0.15, 0.2) is 0 Å². The lowest BCUT2D eigenvalue weighted by molar-refractivity contribution is 0.319. The minimum Gasteiger partial charge on any atom is -0.411 e. The van der Waals surface area contributed by atoms with Crippen LogP contribution in [-0.4, -0.2) is 41.2 Å². The molecule has 148 valence electrons. The van der Waals surface area contributed by atoms with Gasteiger partial charge >= 0.3 is 0 Å². The van der Waals surface area contributed by atoms with Gasteiger partial charge in [-0.15, -0.1) is 0 Å². The lowest BCUT2D eigenvalue weighted by Gasteiger charge is -2.21. The van der Waals surface area contributed by atoms with Crippen molar-refractivity contribution in [2.24, 2.45) is 5.16 Å². The fourth-order valence-electron chi connectivity index (χ4n) is 3.01. The molecular formula is C22H24N6O. The molecule has 1 aromatic carbocycles. The average Bonchev–Trinajstić information content (AvgIpc) is 2.72. The summed E-state index contributed by atoms with van der Waals surface area (Å²) in [6.07, 6.45) is 1.34. The van der Waals surface area contributed by atoms with Gasteiger partial charge in [0.05, 0.1) is 17.1 Å². The number of anilines is 3. The van der Waals surface area contributed by atoms with Crippen LogP contribution in [0.1, 0.15) is 23.9 Å². The number of oxime groups is 1. The lowest BCUT2D eigenvalue weighted by atomic mass is 10.0. The smallest absolute Gasteiger partial charge is 0.130 e. The Morgan fingerprint density at radius 2 is 1.90 bits per heavy atom. The first kappa shape index (κ1) is 20.0. The molecule has 0 atom stereocenters. The van der Waals surface area contributed by atoms with Crippen LogP contribution in [0.3, 0.4) is 0 Å². The molecule has 3 N–H and O–H groups in total. The van der Waals surface area contributed by atoms with Gasteiger partial charge in [-0.25, -0.2) is 9.97 Å². The minimum atomic E-state index is 0.443. The molecule has 0 amide bonds. The number of hydrogen-bond acceptors (Lipinski definition) is 7. The zero-order chi connectivity index (χ0) is 21.0. The van der Waals surface area contributed by atoms with Crippen molar-refractivity contribution < 1.29 is 5.21 Å². The van der Waals surface area contributed by atoms with Gasteiger partial charge in [-0.2, -0.15) is 0 Å². The Morgan fingerprint density at radius 3 is 2.55 bits per heavy atom. The molecule has 29 heavy (non-hydrogen) atoms. The molecule has 7 nitrogen and oxygen atoms in total. The maximum atomic E-state index is 9.06. The van der Waals surface area contributed by atoms with Crippen LogP contribution in [0.4, 0.5) is 17.2 Å². The Hall–Kier alpha value is -3.74. The van der Waals surface area contributed by atoms with E-state index in [-0.39, 0.29) is 0 Å². The highest BCUT2D eigenvalue weighted by Gasteiger charge is 2.14. The van der Waals surface area contributed by atoms with Crippen molar-refractivity contribution in [2.75, 3.05) is 24.3 Å². The molecule has 7 heteroatoms. The highest BCUT2D eigenvalue weighted by atomic mass is 16.4. The summed E-state index contributed by atoms with van der Waals surface area (Å²) in [5, 5.41) is 23.6. The van der Waals surface area contributed by atoms with Gasteiger partial charge in [0.2, 0.25) is 0 Å². The van der Waals surface area contributed by atoms with Crippen LogP contribution in [0.5, 0.6) is 0 Å². The van der Waals surface area contributed by atoms with Gasteiger partial charge in [0, 0.05) is 42.8 Å². The summed E-state index contributed by atoms with van der Waals surface area (Å²) >= 11 is 0. The topological polar surface area (TPSA) is 97.5 Å². The van der Waals surface area contributed by atoms with E-state index in [4.69, 9.17) is 10.6 Å². The molecular weight excluding hydrogens is 364 g/mol. The molecule has 0 saturated heterocycles. The quantitative estimate of drug-likeness (QED) is 0.329. The largest absolute Gasteiger partial charge is 0.411 e. The van der Waals surface area contributed by atoms with Gasteiger partial charge in [-0.3, -0.25) is 0 Å². The van der Waals surface area contributed by atoms with Gasteiger partial charge in [-0.1, -0.05) is 17.3 Å². The number of benzene rings is 1. The van der Waals surface area contributed by atoms with Gasteiger partial charge in [0.25, 0.3) is 0 Å². The van der Waals surface area contributed by atoms with E-state index >= 15 is 0 Å². The Kier molecular flexibility index (Phi) is 5.87. The van der Waals surface area contributed by atoms with E-state index in [9.17, 15) is 0 Å². The second-order valence-corrected chi connectivity index (χ2v) is 6.88. The maximum Gasteiger partial charge on any atom is 0.130 e. The third-order valence-electron chi connectivity index (χ3n) is 4.50. The summed E-state index contributed by atoms with van der Waals surface area (Å²) in [4.78, 5) is 11.1. The normalized spacial score (nSPS) is 11.2. The Labute approximate surface area is 170 Å². The van der Waals surface area contributed by atoms with Crippen molar-refractivity contribution in [1.82, 2.24) is 9.97 Å². The van der Waals surface area contributed by atoms with E-state index in [0.29, 0.717) is 17.2 Å². The van der Waals surface area contributed by atoms with Crippen LogP contribution in [0, 0.1) is 12.3 Å². The third-order valence-corrected chi connectivity index (χ3v) is 4.50. The van der Waals surface area contributed by atoms with Crippen molar-refractivity contribution in [2.45, 2.75) is 13.8 Å². The second kappa shape index (κ2) is 8.52. The van der Waals surface area contributed by atoms with E-state index in [1.165, 1.54) is 6.21 Å². The summed E-state index contributed by atoms with van der Waals surface area (Å²) in [5.74, 6) is 0.708. The monoisotopic (exact) mass is 388 g/mol. The van der Waals surface area contributed by atoms with Crippen molar-refractivity contribution in [3.8, 4) is 11.3 Å². The predicted octanol–water partition coefficient (Wildman–Crippen LogP) is 4.46. The van der Waals surface area contributed by atoms with Crippen LogP contribution in [0.2, 0.25) is 0 Å². The first-order valence-corrected chi connectivity index (χ1v) is 9.16. The molecule has 0 saturated carbocycles. The number of aromatic nitrogens is 2. The molecule has 3 rings (SSSR count). The van der Waals surface area contributed by atoms with Crippen molar-refractivity contribution >= 4 is 29.1 Å². The van der Waals surface area contributed by atoms with Crippen LogP contribution >= 0.6 is 0 Å². The highest BCUT2D eigenvalue weighted by Crippen LogP contribution is 2.33. The van der Waals surface area contributed by atoms with Gasteiger partial charge in [0.1, 0.15) is 11.5 Å². The summed E-state index contributed by atoms with van der Waals surface area (Å²) < 4.78 is 0. The first-order valence-electron chi connectivity index (χ1n) is 9.16. The number of hydrogen-bond donors (Lipinski definition) is 3. The van der Waals surface area contributed by atoms with E-state index in [0.717, 1.165) is 33.9 Å². The van der Waals surface area contributed by atoms with E-state index in [1.807, 2.05) is 68.4 Å². The predicted molar refractivity (Wildman–Crippen MR) is 118 cm³/mol. The maximum absolute atomic E-state index is 9.06. The molecule has 0 radical (unpaired) electrons. The number of pyridine rings is 2. The number of rotatable bonds is 6. The summed E-state index contributed by atoms with van der Waals surface area (Å²) in [7, 11) is 3.88. The summed E-state index contributed by atoms with van der Waals surface area (Å²) in [6, 6.07) is 15.3. The first-order chi connectivity index (χ1) is 13.9. The molecule has 0 aliphatic heterocycles. The van der Waals surface area contributed by atoms with Crippen LogP contribution in [0.15, 0.2) is 53.7 Å². The van der Waals surface area contributed by atoms with E-state index in [1.54, 1.807) is 13.0 Å². The number of aryl methyl sites for hydroxylation is 1. The zero-order valence-electron chi connectivity index (χ0n) is 16.9. The Balaban J connectivity index is 2.16. The van der Waals surface area contributed by atoms with Gasteiger partial charge in [-0.05, 0) is 50.2 Å². The summed E-state index contributed by atoms with van der Waals surface area (Å²) in [6.45, 7) is 3.64. The van der Waals surface area contributed by atoms with Crippen LogP contribution in [0.25, 0.3) is 11.3 Å². The Bertz CT molecular complexity index is 1070. The fraction of sp³-hybridized carbons (Fsp3) is 0.182. The molecule has 0 aliphatic carbocycles. The number of nitrogens with one attached hydrogen (secondary N) is 2. The molecule has 0 spiro atoms. The van der Waals surface area contributed by atoms with Crippen molar-refractivity contribution in [3.05, 3.63) is 65.5 Å². The van der Waals surface area contributed by atoms with E-state index < -0.39 is 0 Å². The molecule has 0 fully saturated rings. The summed E-state index contributed by atoms with van der Waals surface area (Å²) in [5.41, 5.74) is 5.97. The molecule has 2 aromatic heterocycles. The SMILES string of the molecule is C/C(=N/O)c1cccc(-c2cc(Nc3cccc(C)n3)c(C=N)c(N(C)C)c2)n1. The minimum absolute atomic E-state index is 0.443. The number of nitrogens with zero attached hydrogens (tertiary/aromatic N) is 4. The highest BCUT2D eigenvalue weighted by molar-refractivity contribution is 5.98. The van der Waals surface area contributed by atoms with Crippen LogP contribution in [-0.2, 0) is 0 Å². The lowest BCUT2D eigenvalue weighted by Crippen LogP contribution is -2.13. The zero-order valence-corrected chi connectivity index (χ0v) is 16.9. The molecule has 2 heterocycles. The average molecular weight is 388 g/mol. The molecule has 0 unspecified atom stereocenters. The van der Waals surface area contributed by atoms with Crippen molar-refractivity contribution in [1.29, 1.82) is 5.41 Å². The Morgan fingerprint density at radius 1 is 1.14 bits per heavy atom. The molecule has 3 aromatic rings. The van der Waals surface area contributed by atoms with Crippen LogP contribution < -0.4 is 10.2 Å². The second-order valence-electron chi connectivity index (χ2n) is 6.88. The fourth-order valence-corrected chi connectivity index (χ4v) is 3.01. The standard InChI is InChI=1S/C22H24N6O/c1-14-7-5-10-22(24-14)26-20-11-16(12-21(28(3)4)17(20)13-23)19-9-6-8-18(25-19)15(2)27-29/h5-13,23,29H,1-4H3,(H,24,26)/b23-13?,27-15-. The molecule has 0 aliphatic rings.